The van der Waals surface area contributed by atoms with Crippen LogP contribution in [0, 0.1) is 6.92 Å². The van der Waals surface area contributed by atoms with E-state index in [9.17, 15) is 9.59 Å². The highest BCUT2D eigenvalue weighted by atomic mass is 16.2. The molecule has 0 bridgehead atoms. The van der Waals surface area contributed by atoms with Crippen LogP contribution < -0.4 is 5.56 Å². The van der Waals surface area contributed by atoms with Crippen molar-refractivity contribution in [2.75, 3.05) is 13.1 Å². The zero-order chi connectivity index (χ0) is 15.5. The molecule has 1 amide bonds. The van der Waals surface area contributed by atoms with Crippen molar-refractivity contribution in [2.45, 2.75) is 25.7 Å². The van der Waals surface area contributed by atoms with Gasteiger partial charge in [0.25, 0.3) is 11.5 Å². The molecular weight excluding hydrogens is 280 g/mol. The third-order valence-corrected chi connectivity index (χ3v) is 4.00. The minimum absolute atomic E-state index is 0.177. The molecule has 2 aromatic rings. The number of H-pyrrole nitrogens is 1. The van der Waals surface area contributed by atoms with E-state index in [0.29, 0.717) is 13.1 Å². The molecule has 114 valence electrons. The van der Waals surface area contributed by atoms with Crippen LogP contribution in [0.1, 0.15) is 40.5 Å². The van der Waals surface area contributed by atoms with Crippen molar-refractivity contribution in [2.24, 2.45) is 0 Å². The summed E-state index contributed by atoms with van der Waals surface area (Å²) in [6.07, 6.45) is 6.93. The van der Waals surface area contributed by atoms with Crippen LogP contribution in [0.2, 0.25) is 0 Å². The summed E-state index contributed by atoms with van der Waals surface area (Å²) in [6.45, 7) is 3.04. The first kappa shape index (κ1) is 14.4. The summed E-state index contributed by atoms with van der Waals surface area (Å²) >= 11 is 0. The van der Waals surface area contributed by atoms with E-state index in [4.69, 9.17) is 0 Å². The van der Waals surface area contributed by atoms with Crippen LogP contribution in [0.3, 0.4) is 0 Å². The molecule has 0 radical (unpaired) electrons. The van der Waals surface area contributed by atoms with Gasteiger partial charge in [-0.3, -0.25) is 19.6 Å². The van der Waals surface area contributed by atoms with E-state index in [0.717, 1.165) is 24.2 Å². The zero-order valence-electron chi connectivity index (χ0n) is 12.5. The smallest absolute Gasteiger partial charge is 0.260 e. The minimum Gasteiger partial charge on any atom is -0.338 e. The topological polar surface area (TPSA) is 79.0 Å². The molecule has 1 N–H and O–H groups in total. The first-order chi connectivity index (χ1) is 10.6. The Bertz CT molecular complexity index is 726. The molecule has 0 aromatic carbocycles. The fourth-order valence-electron chi connectivity index (χ4n) is 2.84. The first-order valence-corrected chi connectivity index (χ1v) is 7.40. The van der Waals surface area contributed by atoms with Crippen molar-refractivity contribution in [3.63, 3.8) is 0 Å². The highest BCUT2D eigenvalue weighted by Gasteiger charge is 2.27. The number of carbonyl (C=O) groups excluding carboxylic acids is 1. The van der Waals surface area contributed by atoms with Gasteiger partial charge >= 0.3 is 0 Å². The lowest BCUT2D eigenvalue weighted by atomic mass is 9.94. The highest BCUT2D eigenvalue weighted by molar-refractivity contribution is 5.93. The molecular formula is C16H18N4O2. The molecule has 1 aliphatic heterocycles. The maximum atomic E-state index is 12.6. The second-order valence-electron chi connectivity index (χ2n) is 5.60. The van der Waals surface area contributed by atoms with Crippen molar-refractivity contribution in [3.05, 3.63) is 58.0 Å². The molecule has 3 heterocycles. The zero-order valence-corrected chi connectivity index (χ0v) is 12.5. The van der Waals surface area contributed by atoms with Crippen molar-refractivity contribution >= 4 is 5.91 Å². The van der Waals surface area contributed by atoms with Gasteiger partial charge < -0.3 is 9.88 Å². The van der Waals surface area contributed by atoms with Crippen molar-refractivity contribution in [3.8, 4) is 0 Å². The number of aromatic amines is 1. The number of nitrogens with zero attached hydrogens (tertiary/aromatic N) is 3. The Morgan fingerprint density at radius 3 is 2.95 bits per heavy atom. The molecule has 1 aliphatic rings. The van der Waals surface area contributed by atoms with E-state index < -0.39 is 0 Å². The molecule has 6 nitrogen and oxygen atoms in total. The van der Waals surface area contributed by atoms with Gasteiger partial charge in [-0.1, -0.05) is 0 Å². The second-order valence-corrected chi connectivity index (χ2v) is 5.60. The van der Waals surface area contributed by atoms with E-state index >= 15 is 0 Å². The number of pyridine rings is 1. The van der Waals surface area contributed by atoms with Gasteiger partial charge in [0.2, 0.25) is 0 Å². The minimum atomic E-state index is -0.327. The van der Waals surface area contributed by atoms with Crippen LogP contribution in [-0.2, 0) is 0 Å². The predicted octanol–water partition coefficient (Wildman–Crippen LogP) is 1.49. The summed E-state index contributed by atoms with van der Waals surface area (Å²) in [7, 11) is 0. The van der Waals surface area contributed by atoms with Crippen LogP contribution in [-0.4, -0.2) is 38.8 Å². The number of amides is 1. The number of likely N-dealkylation sites (tertiary alicyclic amines) is 1. The van der Waals surface area contributed by atoms with Crippen LogP contribution in [0.4, 0.5) is 0 Å². The molecule has 6 heteroatoms. The van der Waals surface area contributed by atoms with Crippen LogP contribution in [0.5, 0.6) is 0 Å². The number of hydrogen-bond acceptors (Lipinski definition) is 4. The van der Waals surface area contributed by atoms with E-state index in [1.807, 2.05) is 0 Å². The average molecular weight is 298 g/mol. The lowest BCUT2D eigenvalue weighted by Crippen LogP contribution is -2.41. The van der Waals surface area contributed by atoms with Gasteiger partial charge in [0.1, 0.15) is 5.56 Å². The van der Waals surface area contributed by atoms with Gasteiger partial charge in [-0.15, -0.1) is 0 Å². The van der Waals surface area contributed by atoms with Gasteiger partial charge in [-0.05, 0) is 31.9 Å². The summed E-state index contributed by atoms with van der Waals surface area (Å²) in [5.41, 5.74) is 1.52. The summed E-state index contributed by atoms with van der Waals surface area (Å²) in [5, 5.41) is 0. The maximum Gasteiger partial charge on any atom is 0.260 e. The summed E-state index contributed by atoms with van der Waals surface area (Å²) < 4.78 is 0. The fourth-order valence-corrected chi connectivity index (χ4v) is 2.84. The van der Waals surface area contributed by atoms with Gasteiger partial charge in [0.05, 0.1) is 5.69 Å². The van der Waals surface area contributed by atoms with Gasteiger partial charge in [-0.2, -0.15) is 0 Å². The third-order valence-electron chi connectivity index (χ3n) is 4.00. The molecule has 0 spiro atoms. The fraction of sp³-hybridized carbons (Fsp3) is 0.375. The lowest BCUT2D eigenvalue weighted by molar-refractivity contribution is 0.0704. The Balaban J connectivity index is 1.80. The van der Waals surface area contributed by atoms with E-state index in [-0.39, 0.29) is 22.9 Å². The van der Waals surface area contributed by atoms with E-state index in [2.05, 4.69) is 15.0 Å². The molecule has 0 unspecified atom stereocenters. The number of piperidine rings is 1. The monoisotopic (exact) mass is 298 g/mol. The molecule has 0 aliphatic carbocycles. The summed E-state index contributed by atoms with van der Waals surface area (Å²) in [5.74, 6) is -0.0363. The quantitative estimate of drug-likeness (QED) is 0.911. The van der Waals surface area contributed by atoms with Gasteiger partial charge in [0.15, 0.2) is 0 Å². The maximum absolute atomic E-state index is 12.6. The van der Waals surface area contributed by atoms with Crippen LogP contribution in [0.15, 0.2) is 35.5 Å². The van der Waals surface area contributed by atoms with Gasteiger partial charge in [0, 0.05) is 43.3 Å². The first-order valence-electron chi connectivity index (χ1n) is 7.40. The number of carbonyl (C=O) groups is 1. The molecule has 0 saturated carbocycles. The Morgan fingerprint density at radius 2 is 2.23 bits per heavy atom. The van der Waals surface area contributed by atoms with Crippen molar-refractivity contribution < 1.29 is 4.79 Å². The normalized spacial score (nSPS) is 18.2. The molecule has 2 aromatic heterocycles. The van der Waals surface area contributed by atoms with Gasteiger partial charge in [-0.25, -0.2) is 0 Å². The van der Waals surface area contributed by atoms with E-state index in [1.54, 1.807) is 42.5 Å². The molecule has 3 rings (SSSR count). The number of aryl methyl sites for hydroxylation is 1. The predicted molar refractivity (Wildman–Crippen MR) is 81.7 cm³/mol. The average Bonchev–Trinajstić information content (AvgIpc) is 2.55. The largest absolute Gasteiger partial charge is 0.338 e. The lowest BCUT2D eigenvalue weighted by Gasteiger charge is -2.32. The Hall–Kier alpha value is -2.50. The number of aromatic nitrogens is 3. The van der Waals surface area contributed by atoms with Crippen molar-refractivity contribution in [1.82, 2.24) is 19.9 Å². The Kier molecular flexibility index (Phi) is 4.00. The summed E-state index contributed by atoms with van der Waals surface area (Å²) in [4.78, 5) is 37.4. The van der Waals surface area contributed by atoms with Crippen LogP contribution >= 0.6 is 0 Å². The van der Waals surface area contributed by atoms with Crippen molar-refractivity contribution in [1.29, 1.82) is 0 Å². The highest BCUT2D eigenvalue weighted by Crippen LogP contribution is 2.25. The Labute approximate surface area is 128 Å². The second kappa shape index (κ2) is 6.09. The molecule has 22 heavy (non-hydrogen) atoms. The third kappa shape index (κ3) is 2.90. The summed E-state index contributed by atoms with van der Waals surface area (Å²) in [6, 6.07) is 3.35. The van der Waals surface area contributed by atoms with E-state index in [1.165, 1.54) is 0 Å². The Morgan fingerprint density at radius 1 is 1.36 bits per heavy atom. The SMILES string of the molecule is Cc1ccc(C(=O)N2CCC[C@H](c3cnccn3)C2)c(=O)[nH]1. The molecule has 1 saturated heterocycles. The molecule has 1 atom stereocenters. The standard InChI is InChI=1S/C16H18N4O2/c1-11-4-5-13(15(21)19-11)16(22)20-8-2-3-12(10-20)14-9-17-6-7-18-14/h4-7,9,12H,2-3,8,10H2,1H3,(H,19,21)/t12-/m0/s1. The molecule has 1 fully saturated rings. The van der Waals surface area contributed by atoms with Crippen LogP contribution in [0.25, 0.3) is 0 Å². The number of hydrogen-bond donors (Lipinski definition) is 1. The number of rotatable bonds is 2. The number of nitrogens with one attached hydrogen (secondary N) is 1.